The van der Waals surface area contributed by atoms with Gasteiger partial charge in [0.25, 0.3) is 10.0 Å². The lowest BCUT2D eigenvalue weighted by Crippen LogP contribution is -2.36. The molecule has 0 radical (unpaired) electrons. The van der Waals surface area contributed by atoms with Crippen LogP contribution in [-0.4, -0.2) is 47.2 Å². The molecule has 11 nitrogen and oxygen atoms in total. The molecule has 3 N–H and O–H groups in total. The van der Waals surface area contributed by atoms with Crippen molar-refractivity contribution in [2.75, 3.05) is 12.4 Å². The summed E-state index contributed by atoms with van der Waals surface area (Å²) in [6, 6.07) is 1.22. The predicted molar refractivity (Wildman–Crippen MR) is 90.0 cm³/mol. The molecule has 13 heteroatoms. The summed E-state index contributed by atoms with van der Waals surface area (Å²) in [4.78, 5) is 30.7. The first kappa shape index (κ1) is 19.5. The van der Waals surface area contributed by atoms with E-state index in [-0.39, 0.29) is 23.5 Å². The average Bonchev–Trinajstić information content (AvgIpc) is 2.98. The van der Waals surface area contributed by atoms with Crippen molar-refractivity contribution in [1.82, 2.24) is 19.3 Å². The van der Waals surface area contributed by atoms with Gasteiger partial charge in [0.2, 0.25) is 11.8 Å². The Morgan fingerprint density at radius 3 is 2.65 bits per heavy atom. The van der Waals surface area contributed by atoms with Gasteiger partial charge in [0.1, 0.15) is 5.15 Å². The lowest BCUT2D eigenvalue weighted by molar-refractivity contribution is 0.0692. The Balaban J connectivity index is 2.27. The molecule has 0 aliphatic heterocycles. The largest absolute Gasteiger partial charge is 0.481 e. The molecule has 140 valence electrons. The molecular formula is C13H14ClN5O6S. The second kappa shape index (κ2) is 7.58. The van der Waals surface area contributed by atoms with E-state index in [9.17, 15) is 18.0 Å². The second-order valence-electron chi connectivity index (χ2n) is 4.74. The molecule has 0 atom stereocenters. The minimum Gasteiger partial charge on any atom is -0.481 e. The van der Waals surface area contributed by atoms with Crippen LogP contribution in [0.2, 0.25) is 5.15 Å². The highest BCUT2D eigenvalue weighted by Gasteiger charge is 2.28. The summed E-state index contributed by atoms with van der Waals surface area (Å²) in [6.07, 6.45) is 1.29. The van der Waals surface area contributed by atoms with E-state index >= 15 is 0 Å². The third-order valence-electron chi connectivity index (χ3n) is 3.07. The van der Waals surface area contributed by atoms with E-state index in [1.54, 1.807) is 11.6 Å². The predicted octanol–water partition coefficient (Wildman–Crippen LogP) is 1.17. The maximum absolute atomic E-state index is 12.4. The van der Waals surface area contributed by atoms with Crippen LogP contribution in [0.4, 0.5) is 10.7 Å². The third kappa shape index (κ3) is 4.21. The number of anilines is 1. The summed E-state index contributed by atoms with van der Waals surface area (Å²) >= 11 is 5.73. The van der Waals surface area contributed by atoms with Gasteiger partial charge < -0.3 is 14.4 Å². The van der Waals surface area contributed by atoms with E-state index in [4.69, 9.17) is 21.4 Å². The van der Waals surface area contributed by atoms with Crippen LogP contribution in [0, 0.1) is 0 Å². The van der Waals surface area contributed by atoms with Crippen LogP contribution in [0.1, 0.15) is 17.3 Å². The maximum atomic E-state index is 12.4. The number of sulfonamides is 1. The molecule has 0 aliphatic carbocycles. The number of hydrogen-bond donors (Lipinski definition) is 3. The summed E-state index contributed by atoms with van der Waals surface area (Å²) in [6.45, 7) is 1.80. The molecule has 0 unspecified atom stereocenters. The Hall–Kier alpha value is -2.86. The lowest BCUT2D eigenvalue weighted by Gasteiger charge is -2.11. The number of amides is 2. The highest BCUT2D eigenvalue weighted by molar-refractivity contribution is 7.90. The lowest BCUT2D eigenvalue weighted by atomic mass is 10.3. The number of carboxylic acids is 1. The molecule has 0 aromatic carbocycles. The number of carbonyl (C=O) groups excluding carboxylic acids is 1. The molecule has 2 aromatic rings. The van der Waals surface area contributed by atoms with Gasteiger partial charge in [-0.25, -0.2) is 19.3 Å². The van der Waals surface area contributed by atoms with Crippen LogP contribution >= 0.6 is 11.6 Å². The normalized spacial score (nSPS) is 11.0. The first-order valence-electron chi connectivity index (χ1n) is 7.02. The number of ether oxygens (including phenoxy) is 1. The fourth-order valence-corrected chi connectivity index (χ4v) is 3.53. The zero-order valence-corrected chi connectivity index (χ0v) is 15.1. The summed E-state index contributed by atoms with van der Waals surface area (Å²) in [5, 5.41) is 10.6. The quantitative estimate of drug-likeness (QED) is 0.607. The van der Waals surface area contributed by atoms with E-state index in [2.05, 4.69) is 15.3 Å². The van der Waals surface area contributed by atoms with Crippen molar-refractivity contribution in [3.63, 3.8) is 0 Å². The van der Waals surface area contributed by atoms with Crippen LogP contribution in [0.5, 0.6) is 5.88 Å². The summed E-state index contributed by atoms with van der Waals surface area (Å²) < 4.78 is 32.6. The first-order chi connectivity index (χ1) is 12.2. The molecule has 0 fully saturated rings. The minimum absolute atomic E-state index is 0.0389. The van der Waals surface area contributed by atoms with E-state index in [0.29, 0.717) is 0 Å². The van der Waals surface area contributed by atoms with Crippen molar-refractivity contribution in [3.05, 3.63) is 29.0 Å². The number of nitrogens with one attached hydrogen (secondary N) is 2. The van der Waals surface area contributed by atoms with Gasteiger partial charge in [-0.05, 0) is 13.0 Å². The molecule has 0 aliphatic rings. The molecule has 2 amide bonds. The molecule has 26 heavy (non-hydrogen) atoms. The minimum atomic E-state index is -4.48. The van der Waals surface area contributed by atoms with Gasteiger partial charge in [-0.3, -0.25) is 5.32 Å². The van der Waals surface area contributed by atoms with Crippen LogP contribution in [0.3, 0.4) is 0 Å². The molecule has 0 saturated carbocycles. The zero-order chi connectivity index (χ0) is 19.5. The van der Waals surface area contributed by atoms with Crippen LogP contribution in [0.15, 0.2) is 23.4 Å². The summed E-state index contributed by atoms with van der Waals surface area (Å²) in [7, 11) is -3.16. The van der Waals surface area contributed by atoms with Gasteiger partial charge in [0.15, 0.2) is 5.03 Å². The molecular weight excluding hydrogens is 390 g/mol. The number of carboxylic acid groups (broad SMARTS) is 1. The maximum Gasteiger partial charge on any atom is 0.338 e. The fraction of sp³-hybridized carbons (Fsp3) is 0.231. The summed E-state index contributed by atoms with van der Waals surface area (Å²) in [5.41, 5.74) is -0.465. The van der Waals surface area contributed by atoms with Crippen molar-refractivity contribution in [2.45, 2.75) is 18.5 Å². The molecule has 0 saturated heterocycles. The van der Waals surface area contributed by atoms with Gasteiger partial charge in [-0.2, -0.15) is 13.4 Å². The standard InChI is InChI=1S/C13H14ClN5O6S/c1-3-19-5-4-7(11(20)21)10(19)26(23,24)18-13(22)17-12-15-8(14)6-9(16-12)25-2/h4-6H,3H2,1-2H3,(H,20,21)(H2,15,16,17,18,22). The van der Waals surface area contributed by atoms with Gasteiger partial charge >= 0.3 is 12.0 Å². The highest BCUT2D eigenvalue weighted by Crippen LogP contribution is 2.19. The molecule has 2 aromatic heterocycles. The topological polar surface area (TPSA) is 153 Å². The number of aromatic nitrogens is 3. The fourth-order valence-electron chi connectivity index (χ4n) is 2.02. The van der Waals surface area contributed by atoms with Crippen LogP contribution < -0.4 is 14.8 Å². The Kier molecular flexibility index (Phi) is 5.67. The van der Waals surface area contributed by atoms with E-state index in [1.807, 2.05) is 0 Å². The number of rotatable bonds is 6. The van der Waals surface area contributed by atoms with Gasteiger partial charge in [0, 0.05) is 18.8 Å². The number of hydrogen-bond acceptors (Lipinski definition) is 7. The van der Waals surface area contributed by atoms with Crippen molar-refractivity contribution < 1.29 is 27.9 Å². The number of aromatic carboxylic acids is 1. The van der Waals surface area contributed by atoms with Crippen molar-refractivity contribution in [3.8, 4) is 5.88 Å². The Bertz CT molecular complexity index is 958. The van der Waals surface area contributed by atoms with E-state index in [0.717, 1.165) is 6.07 Å². The molecule has 2 heterocycles. The van der Waals surface area contributed by atoms with Gasteiger partial charge in [0.05, 0.1) is 12.7 Å². The van der Waals surface area contributed by atoms with Gasteiger partial charge in [-0.15, -0.1) is 0 Å². The Labute approximate surface area is 153 Å². The highest BCUT2D eigenvalue weighted by atomic mass is 35.5. The van der Waals surface area contributed by atoms with E-state index in [1.165, 1.54) is 23.9 Å². The number of carbonyl (C=O) groups is 2. The zero-order valence-electron chi connectivity index (χ0n) is 13.6. The third-order valence-corrected chi connectivity index (χ3v) is 4.68. The number of methoxy groups -OCH3 is 1. The van der Waals surface area contributed by atoms with Gasteiger partial charge in [-0.1, -0.05) is 11.6 Å². The molecule has 2 rings (SSSR count). The number of nitrogens with zero attached hydrogens (tertiary/aromatic N) is 3. The van der Waals surface area contributed by atoms with Crippen molar-refractivity contribution in [1.29, 1.82) is 0 Å². The Morgan fingerprint density at radius 2 is 2.08 bits per heavy atom. The Morgan fingerprint density at radius 1 is 1.38 bits per heavy atom. The van der Waals surface area contributed by atoms with Crippen LogP contribution in [-0.2, 0) is 16.6 Å². The SMILES string of the molecule is CCn1ccc(C(=O)O)c1S(=O)(=O)NC(=O)Nc1nc(Cl)cc(OC)n1. The number of aryl methyl sites for hydroxylation is 1. The smallest absolute Gasteiger partial charge is 0.338 e. The number of urea groups is 1. The van der Waals surface area contributed by atoms with Crippen molar-refractivity contribution in [2.24, 2.45) is 0 Å². The number of halogens is 1. The monoisotopic (exact) mass is 403 g/mol. The molecule has 0 bridgehead atoms. The second-order valence-corrected chi connectivity index (χ2v) is 6.73. The van der Waals surface area contributed by atoms with Crippen molar-refractivity contribution >= 4 is 39.6 Å². The van der Waals surface area contributed by atoms with E-state index < -0.39 is 32.6 Å². The first-order valence-corrected chi connectivity index (χ1v) is 8.88. The molecule has 0 spiro atoms. The van der Waals surface area contributed by atoms with Crippen LogP contribution in [0.25, 0.3) is 0 Å². The average molecular weight is 404 g/mol. The summed E-state index contributed by atoms with van der Waals surface area (Å²) in [5.74, 6) is -1.69.